The molecule has 4 aromatic heterocycles. The molecule has 0 radical (unpaired) electrons. The Labute approximate surface area is 602 Å². The van der Waals surface area contributed by atoms with Gasteiger partial charge < -0.3 is 4.55 Å². The highest BCUT2D eigenvalue weighted by atomic mass is 32.2. The molecule has 1 fully saturated rings. The van der Waals surface area contributed by atoms with Gasteiger partial charge in [0.25, 0.3) is 10.1 Å². The van der Waals surface area contributed by atoms with E-state index in [0.29, 0.717) is 26.0 Å². The van der Waals surface area contributed by atoms with Gasteiger partial charge in [0.05, 0.1) is 60.6 Å². The van der Waals surface area contributed by atoms with E-state index in [1.54, 1.807) is 22.7 Å². The molecule has 0 amide bonds. The minimum absolute atomic E-state index is 0. The standard InChI is InChI=1S/2C17H22NS.C16H19NO3S2.C13H13NS.C3H6O3S.CH4.4O3S/c2*1-5-6-10-18-12(2)17(3,4)14-7-8-15-13(16(14)18)9-11-19-15;1-11-16(2,3)13-5-6-14-12(7-9-21-14)15(13)17(11)8-4-10-22(18,19)20;1-8-13(2,3)10-4-5-11-9(6-7-15-11)12(10)14-8;4-7(5)3-1-2-6-7;;4*1-4(2)3/h2*7-9,11H,5-6,10H2,1-4H3;5-7,9H,4,8,10H2,1-3H3;4-7H,1-3H3;1-3H2;1H4;;;;/q2*+1;;;;;;;;. The summed E-state index contributed by atoms with van der Waals surface area (Å²) < 4.78 is 171. The summed E-state index contributed by atoms with van der Waals surface area (Å²) in [6.45, 7) is 34.8. The minimum atomic E-state index is -4.15. The van der Waals surface area contributed by atoms with Gasteiger partial charge in [0.15, 0.2) is 17.1 Å². The Hall–Kier alpha value is -6.30. The second kappa shape index (κ2) is 36.0. The number of thiophene rings is 4. The molecule has 9 heterocycles. The number of hydrogen-bond donors (Lipinski definition) is 0. The van der Waals surface area contributed by atoms with Crippen LogP contribution < -0.4 is 0 Å². The molecule has 0 spiro atoms. The molecule has 0 aliphatic carbocycles. The Morgan fingerprint density at radius 2 is 0.768 bits per heavy atom. The third-order valence-electron chi connectivity index (χ3n) is 18.1. The highest BCUT2D eigenvalue weighted by Crippen LogP contribution is 2.49. The highest BCUT2D eigenvalue weighted by Gasteiger charge is 2.46. The third-order valence-corrected chi connectivity index (χ3v) is 23.7. The van der Waals surface area contributed by atoms with Crippen molar-refractivity contribution >= 4 is 194 Å². The molecule has 0 saturated carbocycles. The zero-order valence-corrected chi connectivity index (χ0v) is 65.1. The van der Waals surface area contributed by atoms with Crippen molar-refractivity contribution in [2.75, 3.05) is 37.7 Å². The second-order valence-corrected chi connectivity index (χ2v) is 33.9. The maximum atomic E-state index is 10.9. The van der Waals surface area contributed by atoms with Crippen molar-refractivity contribution in [2.45, 2.75) is 165 Å². The summed E-state index contributed by atoms with van der Waals surface area (Å²) in [5, 5.41) is 14.0. The van der Waals surface area contributed by atoms with Gasteiger partial charge in [-0.05, 0) is 149 Å². The van der Waals surface area contributed by atoms with E-state index in [-0.39, 0.29) is 40.6 Å². The van der Waals surface area contributed by atoms with Crippen molar-refractivity contribution in [3.8, 4) is 0 Å². The van der Waals surface area contributed by atoms with E-state index < -0.39 is 62.7 Å². The van der Waals surface area contributed by atoms with Gasteiger partial charge >= 0.3 is 42.4 Å². The van der Waals surface area contributed by atoms with E-state index >= 15 is 0 Å². The number of hydrogen-bond acceptors (Lipinski definition) is 23. The molecule has 0 N–H and O–H groups in total. The van der Waals surface area contributed by atoms with Crippen LogP contribution in [-0.2, 0) is 88.5 Å². The van der Waals surface area contributed by atoms with Crippen LogP contribution in [0.1, 0.15) is 165 Å². The summed E-state index contributed by atoms with van der Waals surface area (Å²) in [6.07, 6.45) is 6.01. The van der Waals surface area contributed by atoms with Crippen molar-refractivity contribution < 1.29 is 89.8 Å². The minimum Gasteiger partial charge on any atom is -0.748 e. The molecule has 5 aliphatic heterocycles. The quantitative estimate of drug-likeness (QED) is 0.0697. The fraction of sp³-hybridized carbons (Fsp3) is 0.463. The predicted octanol–water partition coefficient (Wildman–Crippen LogP) is 14.1. The zero-order valence-electron chi connectivity index (χ0n) is 56.9. The molecule has 1 saturated heterocycles. The van der Waals surface area contributed by atoms with E-state index in [0.717, 1.165) is 13.1 Å². The summed E-state index contributed by atoms with van der Waals surface area (Å²) in [5.41, 5.74) is 16.7. The maximum Gasteiger partial charge on any atom is 0.425 e. The second-order valence-electron chi connectivity index (χ2n) is 25.2. The molecule has 22 nitrogen and oxygen atoms in total. The van der Waals surface area contributed by atoms with Crippen molar-refractivity contribution in [3.63, 3.8) is 0 Å². The molecule has 99 heavy (non-hydrogen) atoms. The lowest BCUT2D eigenvalue weighted by Crippen LogP contribution is -2.27. The Morgan fingerprint density at radius 1 is 0.475 bits per heavy atom. The van der Waals surface area contributed by atoms with Gasteiger partial charge in [0, 0.05) is 97.8 Å². The lowest BCUT2D eigenvalue weighted by molar-refractivity contribution is -0.438. The molecule has 0 bridgehead atoms. The van der Waals surface area contributed by atoms with Crippen LogP contribution in [0.25, 0.3) is 40.3 Å². The molecule has 540 valence electrons. The van der Waals surface area contributed by atoms with E-state index in [9.17, 15) is 21.4 Å². The molecule has 0 unspecified atom stereocenters. The number of benzene rings is 4. The van der Waals surface area contributed by atoms with Gasteiger partial charge in [-0.3, -0.25) is 9.18 Å². The average molecular weight is 1560 g/mol. The summed E-state index contributed by atoms with van der Waals surface area (Å²) in [6, 6.07) is 26.9. The van der Waals surface area contributed by atoms with E-state index in [1.165, 1.54) is 134 Å². The highest BCUT2D eigenvalue weighted by molar-refractivity contribution is 7.87. The number of fused-ring (bicyclic) bond motifs is 12. The topological polar surface area (TPSA) is 327 Å². The Kier molecular flexibility index (Phi) is 31.0. The van der Waals surface area contributed by atoms with Crippen LogP contribution in [0.5, 0.6) is 0 Å². The van der Waals surface area contributed by atoms with Crippen LogP contribution in [0.2, 0.25) is 0 Å². The first kappa shape index (κ1) is 85.1. The lowest BCUT2D eigenvalue weighted by Gasteiger charge is -2.19. The largest absolute Gasteiger partial charge is 0.748 e. The van der Waals surface area contributed by atoms with Crippen LogP contribution in [0.15, 0.2) is 99.3 Å². The molecule has 8 aromatic rings. The van der Waals surface area contributed by atoms with Crippen molar-refractivity contribution in [1.29, 1.82) is 0 Å². The number of unbranched alkanes of at least 4 members (excludes halogenated alkanes) is 2. The van der Waals surface area contributed by atoms with Gasteiger partial charge in [-0.2, -0.15) is 22.1 Å². The molecular formula is C67H86N4O18S10+2. The van der Waals surface area contributed by atoms with Gasteiger partial charge in [0.1, 0.15) is 19.6 Å². The van der Waals surface area contributed by atoms with Gasteiger partial charge in [0.2, 0.25) is 17.1 Å². The fourth-order valence-electron chi connectivity index (χ4n) is 12.1. The monoisotopic (exact) mass is 1550 g/mol. The van der Waals surface area contributed by atoms with Gasteiger partial charge in [-0.15, -0.1) is 95.9 Å². The smallest absolute Gasteiger partial charge is 0.425 e. The van der Waals surface area contributed by atoms with E-state index in [4.69, 9.17) is 55.5 Å². The Morgan fingerprint density at radius 3 is 1.04 bits per heavy atom. The summed E-state index contributed by atoms with van der Waals surface area (Å²) >= 11 is 7.18. The first-order valence-electron chi connectivity index (χ1n) is 30.9. The SMILES string of the molecule is C.CC1=Nc2c(ccc3sccc23)C1(C)C.CC1=[N+](CCCS(=O)(=O)[O-])c2c(ccc3sccc23)C1(C)C.CCCC[N+]1=C(C)C(C)(C)c2ccc3sccc3c21.CCCC[N+]1=C(C)C(C)(C)c2ccc3sccc3c21.O=S(=O)=O.O=S(=O)=O.O=S(=O)=O.O=S(=O)=O.O=S1(=O)CCCO1. The first-order valence-corrected chi connectivity index (χ1v) is 41.6. The van der Waals surface area contributed by atoms with E-state index in [2.05, 4.69) is 209 Å². The maximum absolute atomic E-state index is 10.9. The van der Waals surface area contributed by atoms with Crippen LogP contribution in [0.4, 0.5) is 22.7 Å². The average Bonchev–Trinajstić information content (AvgIpc) is 1.59. The van der Waals surface area contributed by atoms with Crippen LogP contribution >= 0.6 is 45.3 Å². The van der Waals surface area contributed by atoms with Gasteiger partial charge in [-0.25, -0.2) is 8.42 Å². The third kappa shape index (κ3) is 21.4. The summed E-state index contributed by atoms with van der Waals surface area (Å²) in [5.74, 6) is -0.112. The predicted molar refractivity (Wildman–Crippen MR) is 397 cm³/mol. The zero-order chi connectivity index (χ0) is 73.6. The summed E-state index contributed by atoms with van der Waals surface area (Å²) in [7, 11) is -19.6. The molecule has 13 rings (SSSR count). The Bertz CT molecular complexity index is 4870. The van der Waals surface area contributed by atoms with Gasteiger partial charge in [-0.1, -0.05) is 54.0 Å². The molecular weight excluding hydrogens is 1470 g/mol. The van der Waals surface area contributed by atoms with Crippen molar-refractivity contribution in [1.82, 2.24) is 0 Å². The number of rotatable bonds is 10. The fourth-order valence-corrected chi connectivity index (χ4v) is 16.7. The molecule has 0 atom stereocenters. The first-order chi connectivity index (χ1) is 45.6. The van der Waals surface area contributed by atoms with Crippen LogP contribution in [0, 0.1) is 0 Å². The molecule has 5 aliphatic rings. The number of nitrogens with zero attached hydrogens (tertiary/aromatic N) is 4. The normalized spacial score (nSPS) is 16.1. The van der Waals surface area contributed by atoms with Crippen LogP contribution in [0.3, 0.4) is 0 Å². The van der Waals surface area contributed by atoms with Crippen molar-refractivity contribution in [2.24, 2.45) is 4.99 Å². The van der Waals surface area contributed by atoms with E-state index in [1.807, 2.05) is 22.7 Å². The number of aliphatic imine (C=N–C) groups is 1. The Balaban J connectivity index is 0.000000253. The van der Waals surface area contributed by atoms with Crippen LogP contribution in [-0.4, -0.2) is 146 Å². The van der Waals surface area contributed by atoms with Crippen molar-refractivity contribution in [3.05, 3.63) is 117 Å². The summed E-state index contributed by atoms with van der Waals surface area (Å²) in [4.78, 5) is 4.73. The molecule has 32 heteroatoms. The molecule has 4 aromatic carbocycles. The lowest BCUT2D eigenvalue weighted by atomic mass is 9.82.